The quantitative estimate of drug-likeness (QED) is 0.0406. The average Bonchev–Trinajstić information content (AvgIpc) is 3.36. The van der Waals surface area contributed by atoms with Crippen LogP contribution < -0.4 is 0 Å². The van der Waals surface area contributed by atoms with Crippen LogP contribution in [0.1, 0.15) is 231 Å². The van der Waals surface area contributed by atoms with Crippen molar-refractivity contribution < 1.29 is 4.79 Å². The molecule has 1 saturated heterocycles. The third kappa shape index (κ3) is 25.0. The molecule has 3 rings (SSSR count). The summed E-state index contributed by atoms with van der Waals surface area (Å²) in [5.41, 5.74) is 10.2. The van der Waals surface area contributed by atoms with Crippen molar-refractivity contribution >= 4 is 5.94 Å². The van der Waals surface area contributed by atoms with Crippen molar-refractivity contribution in [3.05, 3.63) is 127 Å². The van der Waals surface area contributed by atoms with Gasteiger partial charge in [0.2, 0.25) is 0 Å². The van der Waals surface area contributed by atoms with Crippen LogP contribution in [0.25, 0.3) is 0 Å². The molecule has 2 nitrogen and oxygen atoms in total. The minimum Gasteiger partial charge on any atom is -0.360 e. The van der Waals surface area contributed by atoms with E-state index in [1.165, 1.54) is 97.6 Å². The Morgan fingerprint density at radius 2 is 1.38 bits per heavy atom. The van der Waals surface area contributed by atoms with Gasteiger partial charge in [0.05, 0.1) is 0 Å². The van der Waals surface area contributed by atoms with Crippen LogP contribution in [-0.2, 0) is 4.79 Å². The maximum absolute atomic E-state index is 12.2. The van der Waals surface area contributed by atoms with Crippen LogP contribution in [0.4, 0.5) is 0 Å². The summed E-state index contributed by atoms with van der Waals surface area (Å²) in [5, 5.41) is 0. The molecule has 0 amide bonds. The smallest absolute Gasteiger partial charge is 0.150 e. The third-order valence-electron chi connectivity index (χ3n) is 16.9. The van der Waals surface area contributed by atoms with E-state index < -0.39 is 0 Å². The Bertz CT molecular complexity index is 1760. The highest BCUT2D eigenvalue weighted by Gasteiger charge is 2.32. The van der Waals surface area contributed by atoms with E-state index in [0.717, 1.165) is 107 Å². The van der Waals surface area contributed by atoms with Gasteiger partial charge in [0, 0.05) is 12.6 Å². The number of hydrogen-bond donors (Lipinski definition) is 0. The van der Waals surface area contributed by atoms with Gasteiger partial charge in [-0.1, -0.05) is 190 Å². The Hall–Kier alpha value is -3.35. The first kappa shape index (κ1) is 65.7. The van der Waals surface area contributed by atoms with E-state index in [-0.39, 0.29) is 0 Å². The van der Waals surface area contributed by atoms with Gasteiger partial charge >= 0.3 is 0 Å². The standard InChI is InChI=1S/C65H103NO.2C2H6/c1-16-25-63(55(13)42-59-35-33-58(34-36-59)40-49(7)32-31-47(4)5)43-53(11)52(10)39-50(8)41-61(17-2)54(12)38-48(6)26-20-19-21-27-51(9)62(18-3)44-60-29-24-30-64(45-60)57(15)65(46-67)66-37-23-22-28-56(66)14;2*1-2/h16,19-21,26-27,39,48,52,55-56,58-64H,1,4,7,11-12,15,17-18,22-25,28-38,40-45H2,2-3,5-6,8-10,13-14H3;2*1-2H3/b21-19+,26-20+,50-39+,51-27+;;/t48?,52?,55?,56-,58?,59?,60?,61?,62?,63?,64?;;/m1../s1. The molecule has 0 bridgehead atoms. The largest absolute Gasteiger partial charge is 0.360 e. The van der Waals surface area contributed by atoms with E-state index in [9.17, 15) is 4.79 Å². The number of likely N-dealkylation sites (tertiary alicyclic amines) is 1. The Balaban J connectivity index is 0.00000613. The van der Waals surface area contributed by atoms with Crippen LogP contribution in [0.5, 0.6) is 0 Å². The zero-order valence-corrected chi connectivity index (χ0v) is 49.3. The van der Waals surface area contributed by atoms with E-state index in [1.807, 2.05) is 27.7 Å². The van der Waals surface area contributed by atoms with Gasteiger partial charge in [-0.25, -0.2) is 4.79 Å². The highest BCUT2D eigenvalue weighted by atomic mass is 16.1. The summed E-state index contributed by atoms with van der Waals surface area (Å²) in [7, 11) is 0. The summed E-state index contributed by atoms with van der Waals surface area (Å²) in [6, 6.07) is 0.405. The lowest BCUT2D eigenvalue weighted by Crippen LogP contribution is -2.38. The normalized spacial score (nSPS) is 23.4. The first-order valence-electron chi connectivity index (χ1n) is 29.7. The maximum Gasteiger partial charge on any atom is 0.150 e. The number of rotatable bonds is 30. The van der Waals surface area contributed by atoms with E-state index in [0.29, 0.717) is 53.4 Å². The number of nitrogens with zero attached hydrogens (tertiary/aromatic N) is 1. The molecule has 0 aromatic heterocycles. The molecule has 1 heterocycles. The highest BCUT2D eigenvalue weighted by Crippen LogP contribution is 2.42. The molecule has 8 unspecified atom stereocenters. The molecule has 0 radical (unpaired) electrons. The maximum atomic E-state index is 12.2. The average molecular weight is 975 g/mol. The van der Waals surface area contributed by atoms with Crippen molar-refractivity contribution in [1.82, 2.24) is 4.90 Å². The zero-order chi connectivity index (χ0) is 53.5. The second-order valence-electron chi connectivity index (χ2n) is 22.9. The van der Waals surface area contributed by atoms with Crippen molar-refractivity contribution in [3.63, 3.8) is 0 Å². The molecular formula is C69H115NO. The monoisotopic (exact) mass is 974 g/mol. The lowest BCUT2D eigenvalue weighted by Gasteiger charge is -2.39. The summed E-state index contributed by atoms with van der Waals surface area (Å²) in [6.45, 7) is 56.3. The van der Waals surface area contributed by atoms with Gasteiger partial charge in [-0.15, -0.1) is 13.2 Å². The summed E-state index contributed by atoms with van der Waals surface area (Å²) in [4.78, 5) is 14.5. The second kappa shape index (κ2) is 37.4. The van der Waals surface area contributed by atoms with E-state index in [2.05, 4.69) is 155 Å². The van der Waals surface area contributed by atoms with Crippen LogP contribution >= 0.6 is 0 Å². The molecule has 0 spiro atoms. The number of piperidine rings is 1. The van der Waals surface area contributed by atoms with Crippen molar-refractivity contribution in [1.29, 1.82) is 0 Å². The molecule has 402 valence electrons. The fourth-order valence-electron chi connectivity index (χ4n) is 12.3. The summed E-state index contributed by atoms with van der Waals surface area (Å²) in [6.07, 6.45) is 42.3. The predicted molar refractivity (Wildman–Crippen MR) is 320 cm³/mol. The Morgan fingerprint density at radius 1 is 0.718 bits per heavy atom. The van der Waals surface area contributed by atoms with Crippen molar-refractivity contribution in [3.8, 4) is 0 Å². The van der Waals surface area contributed by atoms with Gasteiger partial charge in [0.1, 0.15) is 5.70 Å². The zero-order valence-electron chi connectivity index (χ0n) is 49.3. The Morgan fingerprint density at radius 3 is 1.99 bits per heavy atom. The summed E-state index contributed by atoms with van der Waals surface area (Å²) >= 11 is 0. The number of allylic oxidation sites excluding steroid dienone is 14. The topological polar surface area (TPSA) is 20.3 Å². The van der Waals surface area contributed by atoms with Crippen molar-refractivity contribution in [2.24, 2.45) is 59.2 Å². The van der Waals surface area contributed by atoms with Crippen molar-refractivity contribution in [2.75, 3.05) is 6.54 Å². The van der Waals surface area contributed by atoms with E-state index >= 15 is 0 Å². The fourth-order valence-corrected chi connectivity index (χ4v) is 12.3. The van der Waals surface area contributed by atoms with E-state index in [1.54, 1.807) is 0 Å². The van der Waals surface area contributed by atoms with E-state index in [4.69, 9.17) is 0 Å². The van der Waals surface area contributed by atoms with Gasteiger partial charge in [-0.2, -0.15) is 0 Å². The minimum absolute atomic E-state index is 0.372. The lowest BCUT2D eigenvalue weighted by atomic mass is 9.72. The molecule has 2 aliphatic carbocycles. The minimum atomic E-state index is 0.372. The van der Waals surface area contributed by atoms with Gasteiger partial charge in [0.15, 0.2) is 5.94 Å². The molecule has 0 aromatic carbocycles. The molecule has 2 saturated carbocycles. The Kier molecular flexibility index (Phi) is 34.6. The SMILES string of the molecule is C=CCC(CC(=C)C(C)/C=C(\C)CC(CC)C(=C)CC(C)/C=C/C=C/C=C(\C)C(CC)CC1CCCC(C(=C)C(=C=O)N2CCCC[C@H]2C)C1)C(C)CC1CCC(CC(=C)CCC(=C)C)CC1.CC.CC. The number of hydrogen-bond acceptors (Lipinski definition) is 2. The highest BCUT2D eigenvalue weighted by molar-refractivity contribution is 5.60. The molecule has 1 aliphatic heterocycles. The fraction of sp³-hybridized carbons (Fsp3) is 0.681. The predicted octanol–water partition coefficient (Wildman–Crippen LogP) is 21.3. The first-order valence-corrected chi connectivity index (χ1v) is 29.7. The molecule has 9 atom stereocenters. The van der Waals surface area contributed by atoms with Crippen LogP contribution in [0.3, 0.4) is 0 Å². The van der Waals surface area contributed by atoms with Crippen LogP contribution in [-0.4, -0.2) is 23.4 Å². The van der Waals surface area contributed by atoms with Gasteiger partial charge in [0.25, 0.3) is 0 Å². The molecule has 0 aromatic rings. The first-order chi connectivity index (χ1) is 34.0. The van der Waals surface area contributed by atoms with Gasteiger partial charge in [-0.05, 0) is 208 Å². The third-order valence-corrected chi connectivity index (χ3v) is 16.9. The summed E-state index contributed by atoms with van der Waals surface area (Å²) in [5.74, 6) is 8.29. The van der Waals surface area contributed by atoms with Gasteiger partial charge in [-0.3, -0.25) is 0 Å². The molecular weight excluding hydrogens is 859 g/mol. The van der Waals surface area contributed by atoms with Gasteiger partial charge < -0.3 is 4.90 Å². The van der Waals surface area contributed by atoms with Crippen LogP contribution in [0.2, 0.25) is 0 Å². The lowest BCUT2D eigenvalue weighted by molar-refractivity contribution is 0.203. The van der Waals surface area contributed by atoms with Crippen LogP contribution in [0, 0.1) is 59.2 Å². The summed E-state index contributed by atoms with van der Waals surface area (Å²) < 4.78 is 0. The van der Waals surface area contributed by atoms with Crippen LogP contribution in [0.15, 0.2) is 127 Å². The molecule has 71 heavy (non-hydrogen) atoms. The molecule has 2 heteroatoms. The number of carbonyl (C=O) groups excluding carboxylic acids is 1. The molecule has 3 fully saturated rings. The Labute approximate surface area is 443 Å². The molecule has 3 aliphatic rings. The second-order valence-corrected chi connectivity index (χ2v) is 22.9. The van der Waals surface area contributed by atoms with Crippen molar-refractivity contribution in [2.45, 2.75) is 237 Å². The molecule has 0 N–H and O–H groups in total.